The van der Waals surface area contributed by atoms with Gasteiger partial charge in [0.25, 0.3) is 5.91 Å². The first-order valence-electron chi connectivity index (χ1n) is 8.20. The van der Waals surface area contributed by atoms with E-state index in [2.05, 4.69) is 10.3 Å². The maximum Gasteiger partial charge on any atom is 0.253 e. The van der Waals surface area contributed by atoms with E-state index >= 15 is 0 Å². The number of para-hydroxylation sites is 1. The van der Waals surface area contributed by atoms with Crippen molar-refractivity contribution in [2.45, 2.75) is 11.4 Å². The van der Waals surface area contributed by atoms with Crippen LogP contribution in [-0.2, 0) is 6.54 Å². The summed E-state index contributed by atoms with van der Waals surface area (Å²) in [5, 5.41) is 4.11. The van der Waals surface area contributed by atoms with E-state index in [1.54, 1.807) is 35.2 Å². The first-order chi connectivity index (χ1) is 13.1. The van der Waals surface area contributed by atoms with Gasteiger partial charge in [0.05, 0.1) is 27.3 Å². The molecule has 0 fully saturated rings. The number of thioether (sulfide) groups is 1. The molecule has 0 aliphatic rings. The van der Waals surface area contributed by atoms with Crippen molar-refractivity contribution in [1.82, 2.24) is 10.3 Å². The van der Waals surface area contributed by atoms with Gasteiger partial charge < -0.3 is 9.73 Å². The fraction of sp³-hybridized carbons (Fsp3) is 0.100. The lowest BCUT2D eigenvalue weighted by Gasteiger charge is -2.07. The number of carbonyl (C=O) groups excluding carboxylic acids is 1. The van der Waals surface area contributed by atoms with Gasteiger partial charge in [0.1, 0.15) is 5.76 Å². The number of aromatic nitrogens is 1. The molecule has 2 heterocycles. The van der Waals surface area contributed by atoms with Gasteiger partial charge in [-0.2, -0.15) is 0 Å². The molecule has 0 aliphatic heterocycles. The number of rotatable bonds is 5. The summed E-state index contributed by atoms with van der Waals surface area (Å²) in [6.07, 6.45) is 1.96. The zero-order chi connectivity index (χ0) is 18.8. The van der Waals surface area contributed by atoms with Gasteiger partial charge in [-0.25, -0.2) is 4.98 Å². The van der Waals surface area contributed by atoms with Gasteiger partial charge in [0.2, 0.25) is 0 Å². The van der Waals surface area contributed by atoms with E-state index in [1.807, 2.05) is 48.7 Å². The van der Waals surface area contributed by atoms with Gasteiger partial charge in [0, 0.05) is 4.90 Å². The fourth-order valence-corrected chi connectivity index (χ4v) is 4.20. The Morgan fingerprint density at radius 3 is 2.89 bits per heavy atom. The highest BCUT2D eigenvalue weighted by Crippen LogP contribution is 2.31. The first-order valence-corrected chi connectivity index (χ1v) is 10.6. The van der Waals surface area contributed by atoms with Gasteiger partial charge in [0.15, 0.2) is 10.8 Å². The standard InChI is InChI=1S/C20H15ClN2O2S2/c1-26-13-7-8-15(21)14(10-13)19(24)22-11-12-6-9-17(25-12)20-23-16-4-2-3-5-18(16)27-20/h2-10H,11H2,1H3,(H,22,24). The van der Waals surface area contributed by atoms with Crippen LogP contribution < -0.4 is 5.32 Å². The number of halogens is 1. The van der Waals surface area contributed by atoms with Crippen molar-refractivity contribution in [3.63, 3.8) is 0 Å². The number of fused-ring (bicyclic) bond motifs is 1. The molecule has 0 radical (unpaired) electrons. The number of nitrogens with one attached hydrogen (secondary N) is 1. The summed E-state index contributed by atoms with van der Waals surface area (Å²) in [5.41, 5.74) is 1.41. The van der Waals surface area contributed by atoms with Crippen LogP contribution in [0.2, 0.25) is 5.02 Å². The van der Waals surface area contributed by atoms with Crippen molar-refractivity contribution < 1.29 is 9.21 Å². The highest BCUT2D eigenvalue weighted by Gasteiger charge is 2.14. The van der Waals surface area contributed by atoms with Crippen molar-refractivity contribution in [1.29, 1.82) is 0 Å². The number of hydrogen-bond acceptors (Lipinski definition) is 5. The predicted octanol–water partition coefficient (Wildman–Crippen LogP) is 5.86. The van der Waals surface area contributed by atoms with Crippen molar-refractivity contribution in [3.8, 4) is 10.8 Å². The number of thiazole rings is 1. The second-order valence-corrected chi connectivity index (χ2v) is 8.10. The molecule has 4 rings (SSSR count). The van der Waals surface area contributed by atoms with Crippen LogP contribution in [0.15, 0.2) is 63.9 Å². The van der Waals surface area contributed by atoms with Crippen LogP contribution in [0.5, 0.6) is 0 Å². The lowest BCUT2D eigenvalue weighted by molar-refractivity contribution is 0.0948. The molecule has 0 aliphatic carbocycles. The third-order valence-electron chi connectivity index (χ3n) is 4.01. The van der Waals surface area contributed by atoms with Crippen molar-refractivity contribution in [2.75, 3.05) is 6.26 Å². The normalized spacial score (nSPS) is 11.0. The van der Waals surface area contributed by atoms with Gasteiger partial charge in [-0.15, -0.1) is 23.1 Å². The number of carbonyl (C=O) groups is 1. The maximum atomic E-state index is 12.4. The van der Waals surface area contributed by atoms with Crippen LogP contribution in [0.25, 0.3) is 21.0 Å². The van der Waals surface area contributed by atoms with E-state index < -0.39 is 0 Å². The minimum absolute atomic E-state index is 0.228. The Kier molecular flexibility index (Phi) is 5.20. The Bertz CT molecular complexity index is 1090. The topological polar surface area (TPSA) is 55.1 Å². The Balaban J connectivity index is 1.47. The maximum absolute atomic E-state index is 12.4. The van der Waals surface area contributed by atoms with Gasteiger partial charge in [-0.05, 0) is 48.7 Å². The van der Waals surface area contributed by atoms with Crippen LogP contribution in [0.1, 0.15) is 16.1 Å². The monoisotopic (exact) mass is 414 g/mol. The molecule has 0 spiro atoms. The summed E-state index contributed by atoms with van der Waals surface area (Å²) in [6, 6.07) is 17.1. The lowest BCUT2D eigenvalue weighted by atomic mass is 10.2. The van der Waals surface area contributed by atoms with Crippen LogP contribution in [0.3, 0.4) is 0 Å². The lowest BCUT2D eigenvalue weighted by Crippen LogP contribution is -2.22. The number of amides is 1. The molecule has 4 aromatic rings. The van der Waals surface area contributed by atoms with E-state index in [-0.39, 0.29) is 12.5 Å². The molecular formula is C20H15ClN2O2S2. The third-order valence-corrected chi connectivity index (χ3v) is 6.11. The summed E-state index contributed by atoms with van der Waals surface area (Å²) in [5.74, 6) is 1.13. The van der Waals surface area contributed by atoms with Crippen molar-refractivity contribution in [3.05, 3.63) is 70.9 Å². The average molecular weight is 415 g/mol. The van der Waals surface area contributed by atoms with Crippen molar-refractivity contribution >= 4 is 50.8 Å². The molecule has 2 aromatic heterocycles. The van der Waals surface area contributed by atoms with E-state index in [4.69, 9.17) is 16.0 Å². The second-order valence-electron chi connectivity index (χ2n) is 5.78. The molecule has 7 heteroatoms. The number of furan rings is 1. The largest absolute Gasteiger partial charge is 0.457 e. The molecule has 136 valence electrons. The summed E-state index contributed by atoms with van der Waals surface area (Å²) < 4.78 is 6.97. The van der Waals surface area contributed by atoms with Gasteiger partial charge in [-0.3, -0.25) is 4.79 Å². The summed E-state index contributed by atoms with van der Waals surface area (Å²) in [7, 11) is 0. The SMILES string of the molecule is CSc1ccc(Cl)c(C(=O)NCc2ccc(-c3nc4ccccc4s3)o2)c1. The zero-order valence-corrected chi connectivity index (χ0v) is 16.8. The third kappa shape index (κ3) is 3.88. The van der Waals surface area contributed by atoms with Crippen LogP contribution in [-0.4, -0.2) is 17.1 Å². The summed E-state index contributed by atoms with van der Waals surface area (Å²) >= 11 is 9.29. The zero-order valence-electron chi connectivity index (χ0n) is 14.4. The Morgan fingerprint density at radius 1 is 1.22 bits per heavy atom. The molecule has 1 amide bonds. The molecule has 27 heavy (non-hydrogen) atoms. The Hall–Kier alpha value is -2.28. The first kappa shape index (κ1) is 18.1. The molecule has 0 atom stereocenters. The van der Waals surface area contributed by atoms with Crippen molar-refractivity contribution in [2.24, 2.45) is 0 Å². The van der Waals surface area contributed by atoms with E-state index in [0.29, 0.717) is 22.1 Å². The highest BCUT2D eigenvalue weighted by atomic mass is 35.5. The number of hydrogen-bond donors (Lipinski definition) is 1. The minimum Gasteiger partial charge on any atom is -0.457 e. The average Bonchev–Trinajstić information content (AvgIpc) is 3.33. The number of benzene rings is 2. The summed E-state index contributed by atoms with van der Waals surface area (Å²) in [6.45, 7) is 0.281. The molecule has 4 nitrogen and oxygen atoms in total. The minimum atomic E-state index is -0.228. The second kappa shape index (κ2) is 7.76. The van der Waals surface area contributed by atoms with E-state index in [9.17, 15) is 4.79 Å². The van der Waals surface area contributed by atoms with E-state index in [1.165, 1.54) is 0 Å². The smallest absolute Gasteiger partial charge is 0.253 e. The van der Waals surface area contributed by atoms with Gasteiger partial charge in [-0.1, -0.05) is 23.7 Å². The predicted molar refractivity (Wildman–Crippen MR) is 112 cm³/mol. The Morgan fingerprint density at radius 2 is 2.07 bits per heavy atom. The summed E-state index contributed by atoms with van der Waals surface area (Å²) in [4.78, 5) is 18.0. The van der Waals surface area contributed by atoms with Crippen LogP contribution >= 0.6 is 34.7 Å². The quantitative estimate of drug-likeness (QED) is 0.415. The molecule has 2 aromatic carbocycles. The molecule has 0 bridgehead atoms. The number of nitrogens with zero attached hydrogens (tertiary/aromatic N) is 1. The van der Waals surface area contributed by atoms with Gasteiger partial charge >= 0.3 is 0 Å². The van der Waals surface area contributed by atoms with Crippen LogP contribution in [0.4, 0.5) is 0 Å². The van der Waals surface area contributed by atoms with E-state index in [0.717, 1.165) is 20.1 Å². The Labute approximate surface area is 169 Å². The van der Waals surface area contributed by atoms with Crippen LogP contribution in [0, 0.1) is 0 Å². The molecular weight excluding hydrogens is 400 g/mol. The molecule has 1 N–H and O–H groups in total. The fourth-order valence-electron chi connectivity index (χ4n) is 2.63. The highest BCUT2D eigenvalue weighted by molar-refractivity contribution is 7.98. The molecule has 0 saturated carbocycles. The molecule has 0 unspecified atom stereocenters. The molecule has 0 saturated heterocycles.